The molecule has 0 saturated carbocycles. The SMILES string of the molecule is [N-]=[N+]=NCC[C@]1(CO)O[C@@H](n2ccc(=O)[nH]c2=O)[C@H](O)[C@@H]1O. The molecule has 2 rings (SSSR count). The van der Waals surface area contributed by atoms with Gasteiger partial charge in [-0.25, -0.2) is 4.79 Å². The minimum absolute atomic E-state index is 0.0552. The second-order valence-electron chi connectivity index (χ2n) is 4.89. The fourth-order valence-electron chi connectivity index (χ4n) is 2.40. The van der Waals surface area contributed by atoms with Gasteiger partial charge in [-0.2, -0.15) is 0 Å². The first kappa shape index (κ1) is 16.2. The fraction of sp³-hybridized carbons (Fsp3) is 0.636. The minimum atomic E-state index is -1.58. The lowest BCUT2D eigenvalue weighted by Crippen LogP contribution is -2.46. The molecule has 11 nitrogen and oxygen atoms in total. The molecular weight excluding hydrogens is 298 g/mol. The predicted octanol–water partition coefficient (Wildman–Crippen LogP) is -1.78. The van der Waals surface area contributed by atoms with E-state index in [0.29, 0.717) is 0 Å². The molecule has 2 heterocycles. The highest BCUT2D eigenvalue weighted by atomic mass is 16.6. The van der Waals surface area contributed by atoms with E-state index in [1.165, 1.54) is 0 Å². The Balaban J connectivity index is 2.34. The van der Waals surface area contributed by atoms with Crippen LogP contribution >= 0.6 is 0 Å². The Labute approximate surface area is 123 Å². The van der Waals surface area contributed by atoms with E-state index in [0.717, 1.165) is 16.8 Å². The lowest BCUT2D eigenvalue weighted by Gasteiger charge is -2.29. The summed E-state index contributed by atoms with van der Waals surface area (Å²) >= 11 is 0. The number of aliphatic hydroxyl groups excluding tert-OH is 3. The molecule has 0 radical (unpaired) electrons. The van der Waals surface area contributed by atoms with Crippen LogP contribution in [0.3, 0.4) is 0 Å². The molecule has 0 amide bonds. The summed E-state index contributed by atoms with van der Waals surface area (Å²) < 4.78 is 6.39. The average Bonchev–Trinajstić information content (AvgIpc) is 2.73. The Morgan fingerprint density at radius 1 is 1.50 bits per heavy atom. The highest BCUT2D eigenvalue weighted by molar-refractivity contribution is 5.02. The Hall–Kier alpha value is -2.17. The van der Waals surface area contributed by atoms with Gasteiger partial charge in [-0.3, -0.25) is 14.3 Å². The van der Waals surface area contributed by atoms with Crippen molar-refractivity contribution >= 4 is 0 Å². The van der Waals surface area contributed by atoms with Crippen molar-refractivity contribution in [3.63, 3.8) is 0 Å². The largest absolute Gasteiger partial charge is 0.393 e. The van der Waals surface area contributed by atoms with Crippen molar-refractivity contribution < 1.29 is 20.1 Å². The summed E-state index contributed by atoms with van der Waals surface area (Å²) in [4.78, 5) is 27.4. The van der Waals surface area contributed by atoms with E-state index in [1.54, 1.807) is 0 Å². The third kappa shape index (κ3) is 2.75. The van der Waals surface area contributed by atoms with Crippen molar-refractivity contribution in [3.05, 3.63) is 43.5 Å². The number of hydrogen-bond donors (Lipinski definition) is 4. The van der Waals surface area contributed by atoms with Crippen LogP contribution in [0, 0.1) is 0 Å². The summed E-state index contributed by atoms with van der Waals surface area (Å²) in [5.74, 6) is 0. The number of nitrogens with zero attached hydrogens (tertiary/aromatic N) is 4. The van der Waals surface area contributed by atoms with Crippen molar-refractivity contribution in [1.82, 2.24) is 9.55 Å². The summed E-state index contributed by atoms with van der Waals surface area (Å²) in [5, 5.41) is 33.0. The number of aromatic amines is 1. The number of aliphatic hydroxyl groups is 3. The van der Waals surface area contributed by atoms with Crippen LogP contribution in [-0.4, -0.2) is 55.8 Å². The maximum absolute atomic E-state index is 11.7. The zero-order valence-corrected chi connectivity index (χ0v) is 11.4. The van der Waals surface area contributed by atoms with Gasteiger partial charge in [0.1, 0.15) is 17.8 Å². The fourth-order valence-corrected chi connectivity index (χ4v) is 2.40. The topological polar surface area (TPSA) is 174 Å². The van der Waals surface area contributed by atoms with Crippen LogP contribution in [0.1, 0.15) is 12.6 Å². The Morgan fingerprint density at radius 2 is 2.23 bits per heavy atom. The third-order valence-corrected chi connectivity index (χ3v) is 3.60. The van der Waals surface area contributed by atoms with Crippen LogP contribution in [0.4, 0.5) is 0 Å². The molecule has 1 aliphatic rings. The molecule has 4 atom stereocenters. The van der Waals surface area contributed by atoms with Gasteiger partial charge in [0.2, 0.25) is 0 Å². The van der Waals surface area contributed by atoms with Gasteiger partial charge in [0.25, 0.3) is 5.56 Å². The van der Waals surface area contributed by atoms with E-state index in [4.69, 9.17) is 10.3 Å². The average molecular weight is 313 g/mol. The maximum Gasteiger partial charge on any atom is 0.330 e. The normalized spacial score (nSPS) is 31.0. The van der Waals surface area contributed by atoms with E-state index >= 15 is 0 Å². The zero-order valence-electron chi connectivity index (χ0n) is 11.4. The molecule has 1 fully saturated rings. The predicted molar refractivity (Wildman–Crippen MR) is 71.9 cm³/mol. The van der Waals surface area contributed by atoms with Crippen molar-refractivity contribution in [1.29, 1.82) is 0 Å². The molecule has 1 aliphatic heterocycles. The van der Waals surface area contributed by atoms with Gasteiger partial charge in [-0.15, -0.1) is 0 Å². The van der Waals surface area contributed by atoms with E-state index in [-0.39, 0.29) is 13.0 Å². The molecule has 4 N–H and O–H groups in total. The minimum Gasteiger partial charge on any atom is -0.393 e. The van der Waals surface area contributed by atoms with Crippen LogP contribution in [0.15, 0.2) is 27.0 Å². The summed E-state index contributed by atoms with van der Waals surface area (Å²) in [6, 6.07) is 1.06. The van der Waals surface area contributed by atoms with E-state index in [2.05, 4.69) is 10.0 Å². The summed E-state index contributed by atoms with van der Waals surface area (Å²) in [6.07, 6.45) is -3.25. The molecule has 0 aliphatic carbocycles. The second-order valence-corrected chi connectivity index (χ2v) is 4.89. The van der Waals surface area contributed by atoms with Crippen LogP contribution in [-0.2, 0) is 4.74 Å². The van der Waals surface area contributed by atoms with Crippen LogP contribution in [0.5, 0.6) is 0 Å². The van der Waals surface area contributed by atoms with Crippen molar-refractivity contribution in [2.45, 2.75) is 30.5 Å². The lowest BCUT2D eigenvalue weighted by atomic mass is 9.92. The maximum atomic E-state index is 11.7. The highest BCUT2D eigenvalue weighted by Crippen LogP contribution is 2.38. The monoisotopic (exact) mass is 313 g/mol. The number of nitrogens with one attached hydrogen (secondary N) is 1. The molecule has 1 aromatic rings. The van der Waals surface area contributed by atoms with Crippen molar-refractivity contribution in [3.8, 4) is 0 Å². The first-order valence-corrected chi connectivity index (χ1v) is 6.42. The quantitative estimate of drug-likeness (QED) is 0.284. The Morgan fingerprint density at radius 3 is 2.82 bits per heavy atom. The number of ether oxygens (including phenoxy) is 1. The molecule has 1 saturated heterocycles. The summed E-state index contributed by atoms with van der Waals surface area (Å²) in [6.45, 7) is -0.727. The first-order valence-electron chi connectivity index (χ1n) is 6.42. The molecule has 1 aromatic heterocycles. The van der Waals surface area contributed by atoms with Crippen LogP contribution in [0.2, 0.25) is 0 Å². The molecular formula is C11H15N5O6. The summed E-state index contributed by atoms with van der Waals surface area (Å²) in [7, 11) is 0. The Kier molecular flexibility index (Phi) is 4.64. The standard InChI is InChI=1S/C11H15N5O6/c12-15-13-3-2-11(5-17)8(20)7(19)9(22-11)16-4-1-6(18)14-10(16)21/h1,4,7-9,17,19-20H,2-3,5H2,(H,14,18,21)/t7-,8+,9-,11-/m1/s1. The smallest absolute Gasteiger partial charge is 0.330 e. The second kappa shape index (κ2) is 6.30. The van der Waals surface area contributed by atoms with Gasteiger partial charge in [0.05, 0.1) is 6.61 Å². The number of azide groups is 1. The van der Waals surface area contributed by atoms with Gasteiger partial charge in [-0.05, 0) is 12.0 Å². The zero-order chi connectivity index (χ0) is 16.3. The molecule has 22 heavy (non-hydrogen) atoms. The van der Waals surface area contributed by atoms with Gasteiger partial charge < -0.3 is 20.1 Å². The highest BCUT2D eigenvalue weighted by Gasteiger charge is 2.54. The van der Waals surface area contributed by atoms with Gasteiger partial charge in [0, 0.05) is 23.7 Å². The summed E-state index contributed by atoms with van der Waals surface area (Å²) in [5.41, 5.74) is 5.25. The molecule has 0 unspecified atom stereocenters. The lowest BCUT2D eigenvalue weighted by molar-refractivity contribution is -0.131. The third-order valence-electron chi connectivity index (χ3n) is 3.60. The van der Waals surface area contributed by atoms with Gasteiger partial charge >= 0.3 is 5.69 Å². The van der Waals surface area contributed by atoms with Crippen molar-refractivity contribution in [2.75, 3.05) is 13.2 Å². The number of aromatic nitrogens is 2. The molecule has 120 valence electrons. The van der Waals surface area contributed by atoms with Gasteiger partial charge in [-0.1, -0.05) is 5.11 Å². The molecule has 0 spiro atoms. The van der Waals surface area contributed by atoms with E-state index < -0.39 is 41.9 Å². The Bertz CT molecular complexity index is 695. The van der Waals surface area contributed by atoms with E-state index in [9.17, 15) is 24.9 Å². The number of rotatable bonds is 5. The van der Waals surface area contributed by atoms with Crippen LogP contribution < -0.4 is 11.2 Å². The van der Waals surface area contributed by atoms with E-state index in [1.807, 2.05) is 4.98 Å². The van der Waals surface area contributed by atoms with Crippen molar-refractivity contribution in [2.24, 2.45) is 5.11 Å². The number of H-pyrrole nitrogens is 1. The molecule has 0 bridgehead atoms. The van der Waals surface area contributed by atoms with Gasteiger partial charge in [0.15, 0.2) is 6.23 Å². The molecule has 0 aromatic carbocycles. The molecule has 11 heteroatoms. The number of hydrogen-bond acceptors (Lipinski definition) is 7. The first-order chi connectivity index (χ1) is 10.4. The van der Waals surface area contributed by atoms with Crippen LogP contribution in [0.25, 0.3) is 10.4 Å².